The maximum absolute atomic E-state index is 12.9. The summed E-state index contributed by atoms with van der Waals surface area (Å²) in [7, 11) is 0. The van der Waals surface area contributed by atoms with Crippen molar-refractivity contribution in [2.75, 3.05) is 31.1 Å². The molecule has 3 aromatic rings. The third kappa shape index (κ3) is 3.65. The number of rotatable bonds is 4. The molecule has 0 spiro atoms. The lowest BCUT2D eigenvalue weighted by molar-refractivity contribution is 0.0682. The van der Waals surface area contributed by atoms with Crippen LogP contribution >= 0.6 is 0 Å². The van der Waals surface area contributed by atoms with Crippen LogP contribution in [0.3, 0.4) is 0 Å². The third-order valence-electron chi connectivity index (χ3n) is 6.15. The van der Waals surface area contributed by atoms with Gasteiger partial charge in [0.25, 0.3) is 5.91 Å². The second kappa shape index (κ2) is 7.74. The molecule has 1 aromatic heterocycles. The number of likely N-dealkylation sites (tertiary alicyclic amines) is 1. The maximum atomic E-state index is 12.9. The molecule has 0 unspecified atom stereocenters. The topological polar surface area (TPSA) is 49.6 Å². The Balaban J connectivity index is 1.18. The van der Waals surface area contributed by atoms with Gasteiger partial charge in [0.05, 0.1) is 0 Å². The van der Waals surface area contributed by atoms with Crippen LogP contribution in [-0.2, 0) is 6.42 Å². The molecule has 1 saturated heterocycles. The summed E-state index contributed by atoms with van der Waals surface area (Å²) in [6.45, 7) is 3.76. The smallest absolute Gasteiger partial charge is 0.276 e. The number of hydrogen-bond acceptors (Lipinski definition) is 4. The first kappa shape index (κ1) is 18.0. The second-order valence-corrected chi connectivity index (χ2v) is 8.00. The van der Waals surface area contributed by atoms with Gasteiger partial charge < -0.3 is 14.3 Å². The number of para-hydroxylation sites is 1. The van der Waals surface area contributed by atoms with Crippen LogP contribution in [0.25, 0.3) is 11.3 Å². The van der Waals surface area contributed by atoms with Gasteiger partial charge in [-0.15, -0.1) is 0 Å². The number of hydrogen-bond donors (Lipinski definition) is 0. The molecule has 2 aliphatic heterocycles. The Bertz CT molecular complexity index is 990. The molecule has 148 valence electrons. The van der Waals surface area contributed by atoms with E-state index in [0.717, 1.165) is 51.0 Å². The normalized spacial score (nSPS) is 16.8. The van der Waals surface area contributed by atoms with E-state index in [9.17, 15) is 4.79 Å². The van der Waals surface area contributed by atoms with E-state index in [1.54, 1.807) is 6.07 Å². The highest BCUT2D eigenvalue weighted by atomic mass is 16.5. The third-order valence-corrected chi connectivity index (χ3v) is 6.15. The average Bonchev–Trinajstić information content (AvgIpc) is 3.43. The molecule has 2 aromatic carbocycles. The van der Waals surface area contributed by atoms with Crippen LogP contribution in [0.2, 0.25) is 0 Å². The lowest BCUT2D eigenvalue weighted by Crippen LogP contribution is -2.41. The highest BCUT2D eigenvalue weighted by Crippen LogP contribution is 2.30. The minimum Gasteiger partial charge on any atom is -0.371 e. The number of anilines is 1. The summed E-state index contributed by atoms with van der Waals surface area (Å²) >= 11 is 0. The van der Waals surface area contributed by atoms with E-state index >= 15 is 0 Å². The molecule has 5 rings (SSSR count). The van der Waals surface area contributed by atoms with Gasteiger partial charge in [0.15, 0.2) is 11.5 Å². The molecule has 0 atom stereocenters. The van der Waals surface area contributed by atoms with E-state index < -0.39 is 0 Å². The van der Waals surface area contributed by atoms with Crippen molar-refractivity contribution < 1.29 is 9.32 Å². The maximum Gasteiger partial charge on any atom is 0.276 e. The molecule has 5 nitrogen and oxygen atoms in total. The van der Waals surface area contributed by atoms with E-state index in [-0.39, 0.29) is 5.91 Å². The zero-order chi connectivity index (χ0) is 19.6. The van der Waals surface area contributed by atoms with Gasteiger partial charge in [0.1, 0.15) is 0 Å². The second-order valence-electron chi connectivity index (χ2n) is 8.00. The lowest BCUT2D eigenvalue weighted by Gasteiger charge is -2.34. The SMILES string of the molecule is O=C(c1cc(-c2ccccc2)on1)N1CCC(CN2CCc3ccccc32)CC1. The van der Waals surface area contributed by atoms with Gasteiger partial charge in [0.2, 0.25) is 0 Å². The number of amides is 1. The number of nitrogens with zero attached hydrogens (tertiary/aromatic N) is 3. The molecule has 3 heterocycles. The highest BCUT2D eigenvalue weighted by Gasteiger charge is 2.28. The fourth-order valence-electron chi connectivity index (χ4n) is 4.50. The van der Waals surface area contributed by atoms with Gasteiger partial charge in [-0.3, -0.25) is 4.79 Å². The standard InChI is InChI=1S/C24H25N3O2/c28-24(21-16-23(29-25-21)20-7-2-1-3-8-20)26-13-10-18(11-14-26)17-27-15-12-19-6-4-5-9-22(19)27/h1-9,16,18H,10-15,17H2. The Morgan fingerprint density at radius 2 is 1.76 bits per heavy atom. The van der Waals surface area contributed by atoms with Crippen LogP contribution in [-0.4, -0.2) is 42.1 Å². The number of fused-ring (bicyclic) bond motifs is 1. The van der Waals surface area contributed by atoms with Gasteiger partial charge in [-0.1, -0.05) is 53.7 Å². The first-order valence-corrected chi connectivity index (χ1v) is 10.4. The van der Waals surface area contributed by atoms with Crippen LogP contribution in [0.1, 0.15) is 28.9 Å². The van der Waals surface area contributed by atoms with E-state index in [2.05, 4.69) is 34.3 Å². The highest BCUT2D eigenvalue weighted by molar-refractivity contribution is 5.93. The van der Waals surface area contributed by atoms with Crippen LogP contribution in [0.5, 0.6) is 0 Å². The molecular formula is C24H25N3O2. The number of piperidine rings is 1. The van der Waals surface area contributed by atoms with Crippen molar-refractivity contribution in [2.45, 2.75) is 19.3 Å². The molecule has 0 bridgehead atoms. The van der Waals surface area contributed by atoms with E-state index in [4.69, 9.17) is 4.52 Å². The van der Waals surface area contributed by atoms with Crippen molar-refractivity contribution in [2.24, 2.45) is 5.92 Å². The fourth-order valence-corrected chi connectivity index (χ4v) is 4.50. The van der Waals surface area contributed by atoms with Crippen LogP contribution in [0, 0.1) is 5.92 Å². The molecule has 0 aliphatic carbocycles. The summed E-state index contributed by atoms with van der Waals surface area (Å²) in [6.07, 6.45) is 3.21. The number of carbonyl (C=O) groups is 1. The molecule has 1 amide bonds. The number of aromatic nitrogens is 1. The van der Waals surface area contributed by atoms with Crippen molar-refractivity contribution in [3.8, 4) is 11.3 Å². The Hall–Kier alpha value is -3.08. The van der Waals surface area contributed by atoms with Gasteiger partial charge in [-0.05, 0) is 36.8 Å². The van der Waals surface area contributed by atoms with E-state index in [0.29, 0.717) is 17.4 Å². The van der Waals surface area contributed by atoms with Crippen molar-refractivity contribution >= 4 is 11.6 Å². The first-order valence-electron chi connectivity index (χ1n) is 10.4. The van der Waals surface area contributed by atoms with Crippen molar-refractivity contribution in [1.29, 1.82) is 0 Å². The molecule has 2 aliphatic rings. The minimum absolute atomic E-state index is 0.0269. The Kier molecular flexibility index (Phi) is 4.80. The number of carbonyl (C=O) groups excluding carboxylic acids is 1. The first-order chi connectivity index (χ1) is 14.3. The molecular weight excluding hydrogens is 362 g/mol. The number of benzene rings is 2. The van der Waals surface area contributed by atoms with Gasteiger partial charge in [0, 0.05) is 43.5 Å². The van der Waals surface area contributed by atoms with Gasteiger partial charge >= 0.3 is 0 Å². The van der Waals surface area contributed by atoms with Crippen LogP contribution < -0.4 is 4.90 Å². The molecule has 1 fully saturated rings. The van der Waals surface area contributed by atoms with Crippen molar-refractivity contribution in [3.63, 3.8) is 0 Å². The Labute approximate surface area is 170 Å². The lowest BCUT2D eigenvalue weighted by atomic mass is 9.96. The Morgan fingerprint density at radius 1 is 1.00 bits per heavy atom. The quantitative estimate of drug-likeness (QED) is 0.671. The Morgan fingerprint density at radius 3 is 2.59 bits per heavy atom. The molecule has 29 heavy (non-hydrogen) atoms. The predicted molar refractivity (Wildman–Crippen MR) is 113 cm³/mol. The average molecular weight is 387 g/mol. The van der Waals surface area contributed by atoms with E-state index in [1.807, 2.05) is 35.2 Å². The van der Waals surface area contributed by atoms with Crippen molar-refractivity contribution in [3.05, 3.63) is 71.9 Å². The van der Waals surface area contributed by atoms with E-state index in [1.165, 1.54) is 11.3 Å². The monoisotopic (exact) mass is 387 g/mol. The molecule has 5 heteroatoms. The summed E-state index contributed by atoms with van der Waals surface area (Å²) in [5, 5.41) is 4.02. The summed E-state index contributed by atoms with van der Waals surface area (Å²) in [4.78, 5) is 17.3. The zero-order valence-corrected chi connectivity index (χ0v) is 16.5. The van der Waals surface area contributed by atoms with Crippen LogP contribution in [0.4, 0.5) is 5.69 Å². The van der Waals surface area contributed by atoms with Gasteiger partial charge in [-0.25, -0.2) is 0 Å². The van der Waals surface area contributed by atoms with Crippen LogP contribution in [0.15, 0.2) is 65.2 Å². The van der Waals surface area contributed by atoms with Crippen molar-refractivity contribution in [1.82, 2.24) is 10.1 Å². The van der Waals surface area contributed by atoms with Gasteiger partial charge in [-0.2, -0.15) is 0 Å². The predicted octanol–water partition coefficient (Wildman–Crippen LogP) is 4.26. The minimum atomic E-state index is -0.0269. The zero-order valence-electron chi connectivity index (χ0n) is 16.5. The summed E-state index contributed by atoms with van der Waals surface area (Å²) in [5.41, 5.74) is 4.18. The summed E-state index contributed by atoms with van der Waals surface area (Å²) in [5.74, 6) is 1.24. The largest absolute Gasteiger partial charge is 0.371 e. The summed E-state index contributed by atoms with van der Waals surface area (Å²) in [6, 6.07) is 20.2. The fraction of sp³-hybridized carbons (Fsp3) is 0.333. The molecule has 0 N–H and O–H groups in total. The molecule has 0 saturated carbocycles. The molecule has 0 radical (unpaired) electrons. The summed E-state index contributed by atoms with van der Waals surface area (Å²) < 4.78 is 5.40.